The Morgan fingerprint density at radius 3 is 2.84 bits per heavy atom. The monoisotopic (exact) mass is 261 g/mol. The maximum Gasteiger partial charge on any atom is 0.257 e. The molecule has 1 aliphatic carbocycles. The molecule has 1 aromatic rings. The minimum absolute atomic E-state index is 0.0794. The highest BCUT2D eigenvalue weighted by atomic mass is 16.2. The molecule has 0 spiro atoms. The summed E-state index contributed by atoms with van der Waals surface area (Å²) in [6.07, 6.45) is 6.21. The minimum atomic E-state index is 0.0794. The second-order valence-corrected chi connectivity index (χ2v) is 5.30. The van der Waals surface area contributed by atoms with Crippen LogP contribution in [0.3, 0.4) is 0 Å². The van der Waals surface area contributed by atoms with Crippen molar-refractivity contribution in [2.75, 3.05) is 18.9 Å². The third-order valence-electron chi connectivity index (χ3n) is 3.78. The van der Waals surface area contributed by atoms with Crippen molar-refractivity contribution in [2.45, 2.75) is 45.6 Å². The van der Waals surface area contributed by atoms with Gasteiger partial charge in [-0.2, -0.15) is 0 Å². The number of carbonyl (C=O) groups is 1. The van der Waals surface area contributed by atoms with Gasteiger partial charge in [-0.1, -0.05) is 6.92 Å². The molecule has 4 heteroatoms. The fourth-order valence-corrected chi connectivity index (χ4v) is 2.27. The fraction of sp³-hybridized carbons (Fsp3) is 0.600. The molecule has 0 aliphatic heterocycles. The fourth-order valence-electron chi connectivity index (χ4n) is 2.27. The van der Waals surface area contributed by atoms with Gasteiger partial charge < -0.3 is 10.2 Å². The summed E-state index contributed by atoms with van der Waals surface area (Å²) in [5.41, 5.74) is 2.53. The SMILES string of the molecule is CCCNc1cc(C)ncc1C(=O)N(C)C1CCC1. The van der Waals surface area contributed by atoms with Crippen molar-refractivity contribution < 1.29 is 4.79 Å². The van der Waals surface area contributed by atoms with Gasteiger partial charge in [0.1, 0.15) is 0 Å². The number of nitrogens with zero attached hydrogens (tertiary/aromatic N) is 2. The zero-order chi connectivity index (χ0) is 13.8. The second-order valence-electron chi connectivity index (χ2n) is 5.30. The predicted octanol–water partition coefficient (Wildman–Crippen LogP) is 2.84. The molecular weight excluding hydrogens is 238 g/mol. The number of hydrogen-bond donors (Lipinski definition) is 1. The predicted molar refractivity (Wildman–Crippen MR) is 77.5 cm³/mol. The van der Waals surface area contributed by atoms with E-state index >= 15 is 0 Å². The molecule has 0 aromatic carbocycles. The van der Waals surface area contributed by atoms with Crippen LogP contribution in [0.25, 0.3) is 0 Å². The van der Waals surface area contributed by atoms with Gasteiger partial charge in [-0.05, 0) is 38.7 Å². The molecule has 1 amide bonds. The molecule has 4 nitrogen and oxygen atoms in total. The topological polar surface area (TPSA) is 45.2 Å². The van der Waals surface area contributed by atoms with Crippen LogP contribution in [0.15, 0.2) is 12.3 Å². The van der Waals surface area contributed by atoms with Crippen LogP contribution in [-0.2, 0) is 0 Å². The van der Waals surface area contributed by atoms with Crippen LogP contribution >= 0.6 is 0 Å². The van der Waals surface area contributed by atoms with E-state index in [4.69, 9.17) is 0 Å². The number of aryl methyl sites for hydroxylation is 1. The highest BCUT2D eigenvalue weighted by Crippen LogP contribution is 2.26. The Labute approximate surface area is 115 Å². The molecule has 2 rings (SSSR count). The van der Waals surface area contributed by atoms with E-state index in [1.165, 1.54) is 6.42 Å². The first kappa shape index (κ1) is 13.8. The highest BCUT2D eigenvalue weighted by Gasteiger charge is 2.27. The molecule has 1 saturated carbocycles. The summed E-state index contributed by atoms with van der Waals surface area (Å²) in [4.78, 5) is 18.7. The molecule has 1 aromatic heterocycles. The molecule has 19 heavy (non-hydrogen) atoms. The molecule has 0 radical (unpaired) electrons. The van der Waals surface area contributed by atoms with Crippen LogP contribution < -0.4 is 5.32 Å². The number of aromatic nitrogens is 1. The summed E-state index contributed by atoms with van der Waals surface area (Å²) >= 11 is 0. The van der Waals surface area contributed by atoms with Gasteiger partial charge in [0.25, 0.3) is 5.91 Å². The Morgan fingerprint density at radius 1 is 1.53 bits per heavy atom. The summed E-state index contributed by atoms with van der Waals surface area (Å²) in [6.45, 7) is 4.93. The molecule has 0 atom stereocenters. The van der Waals surface area contributed by atoms with E-state index in [2.05, 4.69) is 17.2 Å². The minimum Gasteiger partial charge on any atom is -0.384 e. The molecule has 0 bridgehead atoms. The number of pyridine rings is 1. The van der Waals surface area contributed by atoms with Crippen molar-refractivity contribution >= 4 is 11.6 Å². The highest BCUT2D eigenvalue weighted by molar-refractivity contribution is 5.99. The summed E-state index contributed by atoms with van der Waals surface area (Å²) in [5.74, 6) is 0.0794. The maximum atomic E-state index is 12.5. The lowest BCUT2D eigenvalue weighted by molar-refractivity contribution is 0.0652. The standard InChI is InChI=1S/C15H23N3O/c1-4-8-16-14-9-11(2)17-10-13(14)15(19)18(3)12-6-5-7-12/h9-10,12H,4-8H2,1-3H3,(H,16,17). The average molecular weight is 261 g/mol. The van der Waals surface area contributed by atoms with Crippen molar-refractivity contribution in [1.82, 2.24) is 9.88 Å². The summed E-state index contributed by atoms with van der Waals surface area (Å²) < 4.78 is 0. The zero-order valence-corrected chi connectivity index (χ0v) is 12.1. The number of amides is 1. The Balaban J connectivity index is 2.19. The van der Waals surface area contributed by atoms with E-state index in [-0.39, 0.29) is 5.91 Å². The first-order valence-corrected chi connectivity index (χ1v) is 7.11. The Bertz CT molecular complexity index is 455. The van der Waals surface area contributed by atoms with Crippen LogP contribution in [0.2, 0.25) is 0 Å². The van der Waals surface area contributed by atoms with Crippen LogP contribution in [0.5, 0.6) is 0 Å². The van der Waals surface area contributed by atoms with E-state index < -0.39 is 0 Å². The largest absolute Gasteiger partial charge is 0.384 e. The van der Waals surface area contributed by atoms with Gasteiger partial charge in [0.15, 0.2) is 0 Å². The maximum absolute atomic E-state index is 12.5. The summed E-state index contributed by atoms with van der Waals surface area (Å²) in [5, 5.41) is 3.33. The normalized spacial score (nSPS) is 14.9. The number of nitrogens with one attached hydrogen (secondary N) is 1. The molecule has 1 fully saturated rings. The van der Waals surface area contributed by atoms with Crippen LogP contribution in [-0.4, -0.2) is 35.4 Å². The van der Waals surface area contributed by atoms with Crippen molar-refractivity contribution in [1.29, 1.82) is 0 Å². The van der Waals surface area contributed by atoms with Gasteiger partial charge in [-0.25, -0.2) is 0 Å². The Kier molecular flexibility index (Phi) is 4.40. The van der Waals surface area contributed by atoms with E-state index in [0.29, 0.717) is 11.6 Å². The number of anilines is 1. The first-order chi connectivity index (χ1) is 9.13. The quantitative estimate of drug-likeness (QED) is 0.886. The molecule has 104 valence electrons. The Hall–Kier alpha value is -1.58. The van der Waals surface area contributed by atoms with E-state index in [1.807, 2.05) is 24.9 Å². The molecule has 1 N–H and O–H groups in total. The number of hydrogen-bond acceptors (Lipinski definition) is 3. The van der Waals surface area contributed by atoms with E-state index in [9.17, 15) is 4.79 Å². The molecule has 0 saturated heterocycles. The summed E-state index contributed by atoms with van der Waals surface area (Å²) in [6, 6.07) is 2.37. The third-order valence-corrected chi connectivity index (χ3v) is 3.78. The van der Waals surface area contributed by atoms with E-state index in [1.54, 1.807) is 6.20 Å². The van der Waals surface area contributed by atoms with Crippen LogP contribution in [0, 0.1) is 6.92 Å². The van der Waals surface area contributed by atoms with Gasteiger partial charge in [-0.3, -0.25) is 9.78 Å². The van der Waals surface area contributed by atoms with Crippen molar-refractivity contribution in [2.24, 2.45) is 0 Å². The first-order valence-electron chi connectivity index (χ1n) is 7.11. The average Bonchev–Trinajstić information content (AvgIpc) is 2.33. The van der Waals surface area contributed by atoms with Gasteiger partial charge >= 0.3 is 0 Å². The van der Waals surface area contributed by atoms with Gasteiger partial charge in [0, 0.05) is 31.5 Å². The lowest BCUT2D eigenvalue weighted by Gasteiger charge is -2.35. The van der Waals surface area contributed by atoms with Crippen LogP contribution in [0.1, 0.15) is 48.7 Å². The van der Waals surface area contributed by atoms with Crippen LogP contribution in [0.4, 0.5) is 5.69 Å². The smallest absolute Gasteiger partial charge is 0.257 e. The van der Waals surface area contributed by atoms with Crippen molar-refractivity contribution in [3.8, 4) is 0 Å². The number of carbonyl (C=O) groups excluding carboxylic acids is 1. The number of rotatable bonds is 5. The molecule has 1 heterocycles. The lowest BCUT2D eigenvalue weighted by Crippen LogP contribution is -2.41. The van der Waals surface area contributed by atoms with Crippen molar-refractivity contribution in [3.05, 3.63) is 23.5 Å². The van der Waals surface area contributed by atoms with Gasteiger partial charge in [0.05, 0.1) is 11.3 Å². The molecular formula is C15H23N3O. The molecule has 0 unspecified atom stereocenters. The molecule has 1 aliphatic rings. The van der Waals surface area contributed by atoms with Gasteiger partial charge in [0.2, 0.25) is 0 Å². The summed E-state index contributed by atoms with van der Waals surface area (Å²) in [7, 11) is 1.90. The second kappa shape index (κ2) is 6.04. The lowest BCUT2D eigenvalue weighted by atomic mass is 9.91. The van der Waals surface area contributed by atoms with E-state index in [0.717, 1.165) is 37.2 Å². The zero-order valence-electron chi connectivity index (χ0n) is 12.1. The Morgan fingerprint density at radius 2 is 2.26 bits per heavy atom. The van der Waals surface area contributed by atoms with Gasteiger partial charge in [-0.15, -0.1) is 0 Å². The van der Waals surface area contributed by atoms with Crippen molar-refractivity contribution in [3.63, 3.8) is 0 Å². The third kappa shape index (κ3) is 3.06.